The molecular formula is C14H13ClNO3-. The summed E-state index contributed by atoms with van der Waals surface area (Å²) in [6, 6.07) is 6.67. The highest BCUT2D eigenvalue weighted by atomic mass is 35.5. The minimum Gasteiger partial charge on any atom is -0.550 e. The Kier molecular flexibility index (Phi) is 4.22. The van der Waals surface area contributed by atoms with Gasteiger partial charge >= 0.3 is 0 Å². The highest BCUT2D eigenvalue weighted by Crippen LogP contribution is 2.26. The van der Waals surface area contributed by atoms with Crippen molar-refractivity contribution in [2.45, 2.75) is 12.8 Å². The molecule has 4 nitrogen and oxygen atoms in total. The van der Waals surface area contributed by atoms with E-state index in [2.05, 4.69) is 5.32 Å². The van der Waals surface area contributed by atoms with Gasteiger partial charge in [0.05, 0.1) is 5.92 Å². The number of halogens is 1. The van der Waals surface area contributed by atoms with Crippen molar-refractivity contribution in [2.75, 3.05) is 5.32 Å². The summed E-state index contributed by atoms with van der Waals surface area (Å²) in [5.74, 6) is -2.84. The summed E-state index contributed by atoms with van der Waals surface area (Å²) in [6.07, 6.45) is 4.34. The van der Waals surface area contributed by atoms with Crippen molar-refractivity contribution in [1.82, 2.24) is 0 Å². The third-order valence-electron chi connectivity index (χ3n) is 3.18. The predicted molar refractivity (Wildman–Crippen MR) is 70.4 cm³/mol. The van der Waals surface area contributed by atoms with Crippen LogP contribution in [0.5, 0.6) is 0 Å². The molecule has 0 aliphatic heterocycles. The van der Waals surface area contributed by atoms with Gasteiger partial charge in [-0.05, 0) is 37.1 Å². The number of rotatable bonds is 3. The first kappa shape index (κ1) is 13.6. The molecule has 0 fully saturated rings. The normalized spacial score (nSPS) is 21.9. The number of anilines is 1. The van der Waals surface area contributed by atoms with Crippen molar-refractivity contribution in [3.63, 3.8) is 0 Å². The Morgan fingerprint density at radius 1 is 1.11 bits per heavy atom. The number of allylic oxidation sites excluding steroid dienone is 2. The Bertz CT molecular complexity index is 510. The number of carbonyl (C=O) groups excluding carboxylic acids is 2. The van der Waals surface area contributed by atoms with Crippen LogP contribution < -0.4 is 10.4 Å². The van der Waals surface area contributed by atoms with E-state index in [0.29, 0.717) is 23.6 Å². The van der Waals surface area contributed by atoms with Crippen LogP contribution in [0.4, 0.5) is 5.69 Å². The SMILES string of the molecule is O=C([O-])[C@H]1CC=CC[C@@H]1C(=O)Nc1ccc(Cl)cc1. The van der Waals surface area contributed by atoms with Crippen LogP contribution in [-0.2, 0) is 9.59 Å². The fraction of sp³-hybridized carbons (Fsp3) is 0.286. The van der Waals surface area contributed by atoms with Gasteiger partial charge in [0.15, 0.2) is 0 Å². The number of nitrogens with one attached hydrogen (secondary N) is 1. The summed E-state index contributed by atoms with van der Waals surface area (Å²) in [5.41, 5.74) is 0.598. The first-order valence-corrected chi connectivity index (χ1v) is 6.38. The fourth-order valence-electron chi connectivity index (χ4n) is 2.13. The first-order valence-electron chi connectivity index (χ1n) is 6.00. The lowest BCUT2D eigenvalue weighted by molar-refractivity contribution is -0.313. The third-order valence-corrected chi connectivity index (χ3v) is 3.44. The number of carboxylic acids is 1. The molecule has 1 aliphatic rings. The maximum absolute atomic E-state index is 12.1. The Morgan fingerprint density at radius 2 is 1.68 bits per heavy atom. The molecule has 0 aromatic heterocycles. The molecule has 0 saturated carbocycles. The van der Waals surface area contributed by atoms with E-state index in [-0.39, 0.29) is 5.91 Å². The van der Waals surface area contributed by atoms with E-state index in [1.165, 1.54) is 0 Å². The summed E-state index contributed by atoms with van der Waals surface area (Å²) in [5, 5.41) is 14.3. The maximum atomic E-state index is 12.1. The molecule has 0 spiro atoms. The lowest BCUT2D eigenvalue weighted by atomic mass is 9.82. The molecule has 0 bridgehead atoms. The zero-order valence-corrected chi connectivity index (χ0v) is 10.9. The number of aliphatic carboxylic acids is 1. The highest BCUT2D eigenvalue weighted by Gasteiger charge is 2.29. The number of amides is 1. The summed E-state index contributed by atoms with van der Waals surface area (Å²) < 4.78 is 0. The Balaban J connectivity index is 2.08. The molecule has 19 heavy (non-hydrogen) atoms. The second kappa shape index (κ2) is 5.89. The van der Waals surface area contributed by atoms with Gasteiger partial charge in [-0.3, -0.25) is 4.79 Å². The first-order chi connectivity index (χ1) is 9.08. The molecule has 1 aromatic carbocycles. The van der Waals surface area contributed by atoms with Crippen molar-refractivity contribution in [3.8, 4) is 0 Å². The van der Waals surface area contributed by atoms with E-state index in [1.54, 1.807) is 30.3 Å². The molecule has 0 saturated heterocycles. The number of carboxylic acid groups (broad SMARTS) is 1. The van der Waals surface area contributed by atoms with E-state index in [0.717, 1.165) is 0 Å². The molecule has 1 amide bonds. The molecule has 2 atom stereocenters. The fourth-order valence-corrected chi connectivity index (χ4v) is 2.26. The number of carbonyl (C=O) groups is 2. The Morgan fingerprint density at radius 3 is 2.26 bits per heavy atom. The molecule has 1 aromatic rings. The number of hydrogen-bond donors (Lipinski definition) is 1. The van der Waals surface area contributed by atoms with Crippen molar-refractivity contribution in [2.24, 2.45) is 11.8 Å². The van der Waals surface area contributed by atoms with Gasteiger partial charge in [-0.15, -0.1) is 0 Å². The molecule has 100 valence electrons. The van der Waals surface area contributed by atoms with Crippen LogP contribution >= 0.6 is 11.6 Å². The van der Waals surface area contributed by atoms with E-state index in [1.807, 2.05) is 6.08 Å². The summed E-state index contributed by atoms with van der Waals surface area (Å²) in [4.78, 5) is 23.1. The minimum absolute atomic E-state index is 0.305. The standard InChI is InChI=1S/C14H14ClNO3/c15-9-5-7-10(8-6-9)16-13(17)11-3-1-2-4-12(11)14(18)19/h1-2,5-8,11-12H,3-4H2,(H,16,17)(H,18,19)/p-1/t11-,12-/m0/s1. The molecule has 2 rings (SSSR count). The minimum atomic E-state index is -1.18. The van der Waals surface area contributed by atoms with E-state index < -0.39 is 17.8 Å². The van der Waals surface area contributed by atoms with Crippen LogP contribution in [0.1, 0.15) is 12.8 Å². The number of benzene rings is 1. The van der Waals surface area contributed by atoms with Gasteiger partial charge in [-0.25, -0.2) is 0 Å². The topological polar surface area (TPSA) is 69.2 Å². The molecule has 0 heterocycles. The van der Waals surface area contributed by atoms with Gasteiger partial charge < -0.3 is 15.2 Å². The second-order valence-corrected chi connectivity index (χ2v) is 4.91. The molecule has 5 heteroatoms. The van der Waals surface area contributed by atoms with Crippen LogP contribution in [0.15, 0.2) is 36.4 Å². The van der Waals surface area contributed by atoms with Crippen LogP contribution in [0.25, 0.3) is 0 Å². The smallest absolute Gasteiger partial charge is 0.228 e. The maximum Gasteiger partial charge on any atom is 0.228 e. The van der Waals surface area contributed by atoms with Crippen molar-refractivity contribution < 1.29 is 14.7 Å². The van der Waals surface area contributed by atoms with Crippen LogP contribution in [0.2, 0.25) is 5.02 Å². The van der Waals surface area contributed by atoms with Gasteiger partial charge in [0.25, 0.3) is 0 Å². The van der Waals surface area contributed by atoms with E-state index in [4.69, 9.17) is 11.6 Å². The lowest BCUT2D eigenvalue weighted by Crippen LogP contribution is -2.41. The zero-order valence-electron chi connectivity index (χ0n) is 10.1. The average molecular weight is 279 g/mol. The zero-order chi connectivity index (χ0) is 13.8. The summed E-state index contributed by atoms with van der Waals surface area (Å²) in [6.45, 7) is 0. The lowest BCUT2D eigenvalue weighted by Gasteiger charge is -2.28. The third kappa shape index (κ3) is 3.35. The second-order valence-electron chi connectivity index (χ2n) is 4.47. The van der Waals surface area contributed by atoms with Crippen molar-refractivity contribution >= 4 is 29.2 Å². The van der Waals surface area contributed by atoms with Crippen molar-refractivity contribution in [3.05, 3.63) is 41.4 Å². The van der Waals surface area contributed by atoms with Gasteiger partial charge in [0.1, 0.15) is 0 Å². The molecule has 1 aliphatic carbocycles. The molecule has 0 radical (unpaired) electrons. The van der Waals surface area contributed by atoms with Crippen LogP contribution in [-0.4, -0.2) is 11.9 Å². The molecular weight excluding hydrogens is 266 g/mol. The Labute approximate surface area is 116 Å². The van der Waals surface area contributed by atoms with Gasteiger partial charge in [-0.2, -0.15) is 0 Å². The van der Waals surface area contributed by atoms with Crippen LogP contribution in [0, 0.1) is 11.8 Å². The molecule has 1 N–H and O–H groups in total. The Hall–Kier alpha value is -1.81. The summed E-state index contributed by atoms with van der Waals surface area (Å²) in [7, 11) is 0. The largest absolute Gasteiger partial charge is 0.550 e. The van der Waals surface area contributed by atoms with Crippen LogP contribution in [0.3, 0.4) is 0 Å². The monoisotopic (exact) mass is 278 g/mol. The van der Waals surface area contributed by atoms with E-state index >= 15 is 0 Å². The summed E-state index contributed by atoms with van der Waals surface area (Å²) >= 11 is 5.75. The quantitative estimate of drug-likeness (QED) is 0.854. The van der Waals surface area contributed by atoms with Gasteiger partial charge in [0.2, 0.25) is 5.91 Å². The predicted octanol–water partition coefficient (Wildman–Crippen LogP) is 1.61. The van der Waals surface area contributed by atoms with Gasteiger partial charge in [-0.1, -0.05) is 23.8 Å². The van der Waals surface area contributed by atoms with Crippen molar-refractivity contribution in [1.29, 1.82) is 0 Å². The van der Waals surface area contributed by atoms with Gasteiger partial charge in [0, 0.05) is 22.6 Å². The average Bonchev–Trinajstić information content (AvgIpc) is 2.41. The molecule has 0 unspecified atom stereocenters. The number of hydrogen-bond acceptors (Lipinski definition) is 3. The van der Waals surface area contributed by atoms with E-state index in [9.17, 15) is 14.7 Å². The highest BCUT2D eigenvalue weighted by molar-refractivity contribution is 6.30.